The standard InChI is InChI=1S/C29H27FN2O7S/c1-15(2)39-23-9-7-18(13-20(23)30)27(33)19(10-16-11-24(36-3)28(38-5)25(12-16)37-4)26(29(34)35)17-6-8-21-22(14-17)32-40-31-21/h6-9,11-15H,10H2,1-5H3,(H,34,35)/b26-19-. The Morgan fingerprint density at radius 1 is 0.875 bits per heavy atom. The molecule has 4 aromatic rings. The molecule has 0 atom stereocenters. The molecule has 208 valence electrons. The van der Waals surface area contributed by atoms with E-state index >= 15 is 0 Å². The van der Waals surface area contributed by atoms with Gasteiger partial charge in [0.05, 0.1) is 44.7 Å². The number of carbonyl (C=O) groups is 2. The number of hydrogen-bond donors (Lipinski definition) is 1. The number of methoxy groups -OCH3 is 3. The van der Waals surface area contributed by atoms with Gasteiger partial charge in [-0.05, 0) is 67.4 Å². The lowest BCUT2D eigenvalue weighted by atomic mass is 9.89. The second kappa shape index (κ2) is 12.1. The number of aromatic nitrogens is 2. The molecule has 0 saturated carbocycles. The first-order valence-electron chi connectivity index (χ1n) is 12.2. The van der Waals surface area contributed by atoms with E-state index in [2.05, 4.69) is 8.75 Å². The minimum absolute atomic E-state index is 0.0124. The Bertz CT molecular complexity index is 1590. The van der Waals surface area contributed by atoms with Gasteiger partial charge in [-0.15, -0.1) is 0 Å². The maximum Gasteiger partial charge on any atom is 0.336 e. The molecule has 0 saturated heterocycles. The predicted octanol–water partition coefficient (Wildman–Crippen LogP) is 5.61. The summed E-state index contributed by atoms with van der Waals surface area (Å²) in [5.74, 6) is -1.75. The molecule has 0 spiro atoms. The lowest BCUT2D eigenvalue weighted by Gasteiger charge is -2.17. The monoisotopic (exact) mass is 566 g/mol. The van der Waals surface area contributed by atoms with Crippen LogP contribution in [0.4, 0.5) is 4.39 Å². The summed E-state index contributed by atoms with van der Waals surface area (Å²) in [6.45, 7) is 3.51. The third-order valence-electron chi connectivity index (χ3n) is 5.99. The molecule has 0 aliphatic carbocycles. The second-order valence-electron chi connectivity index (χ2n) is 8.98. The van der Waals surface area contributed by atoms with Crippen molar-refractivity contribution in [2.75, 3.05) is 21.3 Å². The number of rotatable bonds is 11. The van der Waals surface area contributed by atoms with Gasteiger partial charge in [0.15, 0.2) is 28.8 Å². The molecule has 0 fully saturated rings. The number of nitrogens with zero attached hydrogens (tertiary/aromatic N) is 2. The highest BCUT2D eigenvalue weighted by molar-refractivity contribution is 7.00. The molecule has 0 radical (unpaired) electrons. The highest BCUT2D eigenvalue weighted by Gasteiger charge is 2.26. The molecule has 1 N–H and O–H groups in total. The van der Waals surface area contributed by atoms with Crippen LogP contribution in [-0.4, -0.2) is 53.0 Å². The molecule has 0 aliphatic heterocycles. The number of benzene rings is 3. The van der Waals surface area contributed by atoms with Gasteiger partial charge in [-0.3, -0.25) is 4.79 Å². The van der Waals surface area contributed by atoms with Crippen LogP contribution in [0.25, 0.3) is 16.6 Å². The third-order valence-corrected chi connectivity index (χ3v) is 6.55. The van der Waals surface area contributed by atoms with Gasteiger partial charge in [-0.1, -0.05) is 6.07 Å². The number of Topliss-reactive ketones (excluding diaryl/α,β-unsaturated/α-hetero) is 1. The van der Waals surface area contributed by atoms with Gasteiger partial charge in [-0.2, -0.15) is 8.75 Å². The number of halogens is 1. The van der Waals surface area contributed by atoms with Crippen molar-refractivity contribution in [1.29, 1.82) is 0 Å². The van der Waals surface area contributed by atoms with E-state index in [1.165, 1.54) is 33.5 Å². The first-order valence-corrected chi connectivity index (χ1v) is 12.9. The average Bonchev–Trinajstić information content (AvgIpc) is 3.40. The zero-order chi connectivity index (χ0) is 29.0. The fraction of sp³-hybridized carbons (Fsp3) is 0.241. The SMILES string of the molecule is COc1cc(C/C(C(=O)c2ccc(OC(C)C)c(F)c2)=C(/C(=O)O)c2ccc3nsnc3c2)cc(OC)c1OC. The lowest BCUT2D eigenvalue weighted by Crippen LogP contribution is -2.15. The fourth-order valence-corrected chi connectivity index (χ4v) is 4.77. The van der Waals surface area contributed by atoms with Crippen molar-refractivity contribution < 1.29 is 38.0 Å². The van der Waals surface area contributed by atoms with Crippen molar-refractivity contribution >= 4 is 40.1 Å². The number of carboxylic acids is 1. The van der Waals surface area contributed by atoms with E-state index in [-0.39, 0.29) is 40.5 Å². The topological polar surface area (TPSA) is 117 Å². The highest BCUT2D eigenvalue weighted by atomic mass is 32.1. The van der Waals surface area contributed by atoms with Crippen molar-refractivity contribution in [3.63, 3.8) is 0 Å². The molecule has 0 bridgehead atoms. The zero-order valence-electron chi connectivity index (χ0n) is 22.5. The van der Waals surface area contributed by atoms with E-state index in [0.29, 0.717) is 33.8 Å². The number of fused-ring (bicyclic) bond motifs is 1. The Labute approximate surface area is 234 Å². The van der Waals surface area contributed by atoms with Gasteiger partial charge in [0, 0.05) is 17.6 Å². The number of ether oxygens (including phenoxy) is 4. The van der Waals surface area contributed by atoms with Crippen LogP contribution in [0.15, 0.2) is 54.1 Å². The molecule has 0 unspecified atom stereocenters. The van der Waals surface area contributed by atoms with Gasteiger partial charge in [-0.25, -0.2) is 9.18 Å². The zero-order valence-corrected chi connectivity index (χ0v) is 23.3. The van der Waals surface area contributed by atoms with E-state index in [9.17, 15) is 19.1 Å². The van der Waals surface area contributed by atoms with E-state index < -0.39 is 17.6 Å². The van der Waals surface area contributed by atoms with Crippen molar-refractivity contribution in [3.05, 3.63) is 76.6 Å². The molecule has 1 aromatic heterocycles. The van der Waals surface area contributed by atoms with E-state index in [0.717, 1.165) is 17.8 Å². The molecule has 4 rings (SSSR count). The Hall–Kier alpha value is -4.51. The summed E-state index contributed by atoms with van der Waals surface area (Å²) in [6, 6.07) is 11.8. The van der Waals surface area contributed by atoms with Crippen LogP contribution in [0, 0.1) is 5.82 Å². The summed E-state index contributed by atoms with van der Waals surface area (Å²) in [5.41, 5.74) is 1.47. The van der Waals surface area contributed by atoms with Gasteiger partial charge in [0.2, 0.25) is 5.75 Å². The average molecular weight is 567 g/mol. The summed E-state index contributed by atoms with van der Waals surface area (Å²) in [4.78, 5) is 26.7. The molecular weight excluding hydrogens is 539 g/mol. The maximum absolute atomic E-state index is 14.9. The number of ketones is 1. The molecule has 11 heteroatoms. The van der Waals surface area contributed by atoms with Gasteiger partial charge in [0.25, 0.3) is 0 Å². The van der Waals surface area contributed by atoms with Crippen molar-refractivity contribution in [3.8, 4) is 23.0 Å². The summed E-state index contributed by atoms with van der Waals surface area (Å²) >= 11 is 0.991. The number of carbonyl (C=O) groups excluding carboxylic acids is 1. The number of hydrogen-bond acceptors (Lipinski definition) is 9. The normalized spacial score (nSPS) is 11.8. The van der Waals surface area contributed by atoms with E-state index in [4.69, 9.17) is 18.9 Å². The van der Waals surface area contributed by atoms with Gasteiger partial charge < -0.3 is 24.1 Å². The predicted molar refractivity (Wildman–Crippen MR) is 148 cm³/mol. The van der Waals surface area contributed by atoms with Crippen molar-refractivity contribution in [1.82, 2.24) is 8.75 Å². The second-order valence-corrected chi connectivity index (χ2v) is 9.51. The summed E-state index contributed by atoms with van der Waals surface area (Å²) in [5, 5.41) is 10.4. The lowest BCUT2D eigenvalue weighted by molar-refractivity contribution is -0.130. The Morgan fingerprint density at radius 2 is 1.52 bits per heavy atom. The first-order chi connectivity index (χ1) is 19.2. The summed E-state index contributed by atoms with van der Waals surface area (Å²) in [7, 11) is 4.36. The Kier molecular flexibility index (Phi) is 8.64. The molecule has 0 amide bonds. The summed E-state index contributed by atoms with van der Waals surface area (Å²) < 4.78 is 45.0. The summed E-state index contributed by atoms with van der Waals surface area (Å²) in [6.07, 6.45) is -0.420. The minimum atomic E-state index is -1.33. The van der Waals surface area contributed by atoms with Crippen molar-refractivity contribution in [2.24, 2.45) is 0 Å². The van der Waals surface area contributed by atoms with Gasteiger partial charge >= 0.3 is 5.97 Å². The quantitative estimate of drug-likeness (QED) is 0.183. The van der Waals surface area contributed by atoms with Gasteiger partial charge in [0.1, 0.15) is 11.0 Å². The molecule has 3 aromatic carbocycles. The fourth-order valence-electron chi connectivity index (χ4n) is 4.25. The molecular formula is C29H27FN2O7S. The van der Waals surface area contributed by atoms with Crippen LogP contribution in [0.2, 0.25) is 0 Å². The van der Waals surface area contributed by atoms with Crippen LogP contribution in [0.1, 0.15) is 35.3 Å². The molecule has 40 heavy (non-hydrogen) atoms. The smallest absolute Gasteiger partial charge is 0.336 e. The van der Waals surface area contributed by atoms with Crippen molar-refractivity contribution in [2.45, 2.75) is 26.4 Å². The third kappa shape index (κ3) is 5.89. The highest BCUT2D eigenvalue weighted by Crippen LogP contribution is 2.39. The molecule has 0 aliphatic rings. The first kappa shape index (κ1) is 28.5. The van der Waals surface area contributed by atoms with E-state index in [1.807, 2.05) is 0 Å². The largest absolute Gasteiger partial charge is 0.493 e. The van der Waals surface area contributed by atoms with Crippen LogP contribution in [-0.2, 0) is 11.2 Å². The van der Waals surface area contributed by atoms with Crippen LogP contribution >= 0.6 is 11.7 Å². The van der Waals surface area contributed by atoms with E-state index in [1.54, 1.807) is 44.2 Å². The minimum Gasteiger partial charge on any atom is -0.493 e. The van der Waals surface area contributed by atoms with Crippen LogP contribution in [0.3, 0.4) is 0 Å². The Balaban J connectivity index is 1.92. The van der Waals surface area contributed by atoms with Crippen LogP contribution < -0.4 is 18.9 Å². The number of aliphatic carboxylic acids is 1. The molecule has 1 heterocycles. The maximum atomic E-state index is 14.9. The number of carboxylic acid groups (broad SMARTS) is 1. The number of allylic oxidation sites excluding steroid dienone is 1. The van der Waals surface area contributed by atoms with Crippen LogP contribution in [0.5, 0.6) is 23.0 Å². The molecule has 9 nitrogen and oxygen atoms in total. The Morgan fingerprint density at radius 3 is 2.10 bits per heavy atom.